The minimum Gasteiger partial charge on any atom is -0.327 e. The second kappa shape index (κ2) is 5.98. The zero-order valence-electron chi connectivity index (χ0n) is 8.73. The summed E-state index contributed by atoms with van der Waals surface area (Å²) in [6, 6.07) is 2.16. The highest BCUT2D eigenvalue weighted by atomic mass is 32.2. The molecule has 1 aromatic rings. The maximum Gasteiger partial charge on any atom is 0.187 e. The molecule has 1 unspecified atom stereocenters. The molecule has 0 radical (unpaired) electrons. The summed E-state index contributed by atoms with van der Waals surface area (Å²) in [6.45, 7) is 4.12. The molecule has 2 N–H and O–H groups in total. The van der Waals surface area contributed by atoms with Crippen molar-refractivity contribution in [2.45, 2.75) is 37.9 Å². The van der Waals surface area contributed by atoms with Gasteiger partial charge >= 0.3 is 0 Å². The summed E-state index contributed by atoms with van der Waals surface area (Å²) in [5, 5.41) is 0.830. The molecule has 0 aliphatic heterocycles. The first-order valence-electron chi connectivity index (χ1n) is 4.90. The molecule has 0 aromatic carbocycles. The van der Waals surface area contributed by atoms with Gasteiger partial charge in [0.05, 0.1) is 0 Å². The largest absolute Gasteiger partial charge is 0.327 e. The quantitative estimate of drug-likeness (QED) is 0.598. The minimum atomic E-state index is 0.258. The van der Waals surface area contributed by atoms with Gasteiger partial charge in [0.2, 0.25) is 0 Å². The van der Waals surface area contributed by atoms with Crippen LogP contribution in [0.1, 0.15) is 25.5 Å². The molecular formula is C10H17N3S. The minimum absolute atomic E-state index is 0.258. The average molecular weight is 211 g/mol. The zero-order valence-corrected chi connectivity index (χ0v) is 9.55. The first-order chi connectivity index (χ1) is 6.72. The van der Waals surface area contributed by atoms with Gasteiger partial charge < -0.3 is 5.73 Å². The molecule has 14 heavy (non-hydrogen) atoms. The number of aryl methyl sites for hydroxylation is 1. The smallest absolute Gasteiger partial charge is 0.187 e. The van der Waals surface area contributed by atoms with E-state index in [1.807, 2.05) is 13.0 Å². The third kappa shape index (κ3) is 4.07. The van der Waals surface area contributed by atoms with Crippen LogP contribution in [-0.4, -0.2) is 21.8 Å². The van der Waals surface area contributed by atoms with Gasteiger partial charge in [0, 0.05) is 23.7 Å². The highest BCUT2D eigenvalue weighted by Crippen LogP contribution is 2.14. The second-order valence-corrected chi connectivity index (χ2v) is 4.33. The van der Waals surface area contributed by atoms with E-state index in [0.29, 0.717) is 0 Å². The summed E-state index contributed by atoms with van der Waals surface area (Å²) in [5.41, 5.74) is 6.90. The number of nitrogens with zero attached hydrogens (tertiary/aromatic N) is 2. The van der Waals surface area contributed by atoms with Crippen molar-refractivity contribution in [3.63, 3.8) is 0 Å². The van der Waals surface area contributed by atoms with E-state index in [0.717, 1.165) is 29.4 Å². The summed E-state index contributed by atoms with van der Waals surface area (Å²) in [5.74, 6) is 0.900. The van der Waals surface area contributed by atoms with Gasteiger partial charge in [0.15, 0.2) is 5.16 Å². The number of hydrogen-bond acceptors (Lipinski definition) is 4. The van der Waals surface area contributed by atoms with E-state index in [9.17, 15) is 0 Å². The maximum atomic E-state index is 5.89. The summed E-state index contributed by atoms with van der Waals surface area (Å²) in [6.07, 6.45) is 3.99. The number of rotatable bonds is 5. The van der Waals surface area contributed by atoms with Gasteiger partial charge in [-0.1, -0.05) is 25.1 Å². The highest BCUT2D eigenvalue weighted by molar-refractivity contribution is 7.99. The number of thioether (sulfide) groups is 1. The van der Waals surface area contributed by atoms with Crippen LogP contribution < -0.4 is 5.73 Å². The molecule has 1 aromatic heterocycles. The molecule has 0 aliphatic rings. The van der Waals surface area contributed by atoms with Crippen LogP contribution in [-0.2, 0) is 0 Å². The predicted octanol–water partition coefficient (Wildman–Crippen LogP) is 2.00. The Bertz CT molecular complexity index is 278. The van der Waals surface area contributed by atoms with E-state index in [-0.39, 0.29) is 6.04 Å². The Balaban J connectivity index is 2.37. The molecule has 0 spiro atoms. The van der Waals surface area contributed by atoms with Gasteiger partial charge in [0.1, 0.15) is 0 Å². The Morgan fingerprint density at radius 3 is 3.00 bits per heavy atom. The lowest BCUT2D eigenvalue weighted by Crippen LogP contribution is -2.22. The van der Waals surface area contributed by atoms with Crippen LogP contribution in [0.4, 0.5) is 0 Å². The van der Waals surface area contributed by atoms with Crippen LogP contribution in [0.5, 0.6) is 0 Å². The van der Waals surface area contributed by atoms with Crippen molar-refractivity contribution < 1.29 is 0 Å². The molecule has 3 nitrogen and oxygen atoms in total. The molecule has 0 bridgehead atoms. The van der Waals surface area contributed by atoms with Crippen molar-refractivity contribution in [3.8, 4) is 0 Å². The van der Waals surface area contributed by atoms with Gasteiger partial charge in [0.25, 0.3) is 0 Å². The number of hydrogen-bond donors (Lipinski definition) is 1. The average Bonchev–Trinajstić information content (AvgIpc) is 2.15. The Labute approximate surface area is 89.5 Å². The normalized spacial score (nSPS) is 12.8. The van der Waals surface area contributed by atoms with Gasteiger partial charge in [-0.25, -0.2) is 9.97 Å². The van der Waals surface area contributed by atoms with Crippen LogP contribution in [0.2, 0.25) is 0 Å². The number of nitrogens with two attached hydrogens (primary N) is 1. The molecule has 0 amide bonds. The molecule has 4 heteroatoms. The van der Waals surface area contributed by atoms with E-state index >= 15 is 0 Å². The molecule has 78 valence electrons. The van der Waals surface area contributed by atoms with Crippen molar-refractivity contribution in [2.24, 2.45) is 5.73 Å². The molecule has 1 rings (SSSR count). The van der Waals surface area contributed by atoms with Crippen LogP contribution >= 0.6 is 11.8 Å². The molecule has 0 aliphatic carbocycles. The van der Waals surface area contributed by atoms with Crippen LogP contribution in [0.15, 0.2) is 17.4 Å². The summed E-state index contributed by atoms with van der Waals surface area (Å²) in [4.78, 5) is 8.47. The first-order valence-corrected chi connectivity index (χ1v) is 5.89. The summed E-state index contributed by atoms with van der Waals surface area (Å²) in [7, 11) is 0. The Morgan fingerprint density at radius 2 is 2.36 bits per heavy atom. The zero-order chi connectivity index (χ0) is 10.4. The molecular weight excluding hydrogens is 194 g/mol. The van der Waals surface area contributed by atoms with Gasteiger partial charge in [-0.2, -0.15) is 0 Å². The van der Waals surface area contributed by atoms with Crippen LogP contribution in [0.3, 0.4) is 0 Å². The first kappa shape index (κ1) is 11.5. The molecule has 1 atom stereocenters. The van der Waals surface area contributed by atoms with Gasteiger partial charge in [-0.15, -0.1) is 0 Å². The lowest BCUT2D eigenvalue weighted by molar-refractivity contribution is 0.660. The van der Waals surface area contributed by atoms with E-state index in [2.05, 4.69) is 16.9 Å². The molecule has 0 saturated heterocycles. The van der Waals surface area contributed by atoms with E-state index < -0.39 is 0 Å². The van der Waals surface area contributed by atoms with Gasteiger partial charge in [-0.05, 0) is 19.4 Å². The van der Waals surface area contributed by atoms with Crippen molar-refractivity contribution >= 4 is 11.8 Å². The monoisotopic (exact) mass is 211 g/mol. The lowest BCUT2D eigenvalue weighted by Gasteiger charge is -2.08. The van der Waals surface area contributed by atoms with E-state index in [1.165, 1.54) is 0 Å². The predicted molar refractivity (Wildman–Crippen MR) is 60.4 cm³/mol. The fraction of sp³-hybridized carbons (Fsp3) is 0.600. The summed E-state index contributed by atoms with van der Waals surface area (Å²) < 4.78 is 0. The fourth-order valence-electron chi connectivity index (χ4n) is 1.13. The fourth-order valence-corrected chi connectivity index (χ4v) is 2.00. The Kier molecular flexibility index (Phi) is 4.90. The third-order valence-electron chi connectivity index (χ3n) is 1.86. The molecule has 0 fully saturated rings. The van der Waals surface area contributed by atoms with E-state index in [4.69, 9.17) is 5.73 Å². The van der Waals surface area contributed by atoms with Crippen molar-refractivity contribution in [3.05, 3.63) is 18.0 Å². The van der Waals surface area contributed by atoms with Crippen LogP contribution in [0, 0.1) is 6.92 Å². The van der Waals surface area contributed by atoms with Crippen molar-refractivity contribution in [1.82, 2.24) is 9.97 Å². The topological polar surface area (TPSA) is 51.8 Å². The third-order valence-corrected chi connectivity index (χ3v) is 2.91. The molecule has 0 saturated carbocycles. The Hall–Kier alpha value is -0.610. The second-order valence-electron chi connectivity index (χ2n) is 3.34. The van der Waals surface area contributed by atoms with Crippen molar-refractivity contribution in [2.75, 3.05) is 5.75 Å². The van der Waals surface area contributed by atoms with Crippen molar-refractivity contribution in [1.29, 1.82) is 0 Å². The van der Waals surface area contributed by atoms with Crippen LogP contribution in [0.25, 0.3) is 0 Å². The number of aromatic nitrogens is 2. The maximum absolute atomic E-state index is 5.89. The SMILES string of the molecule is CCCC(N)CSc1nccc(C)n1. The molecule has 1 heterocycles. The standard InChI is InChI=1S/C10H17N3S/c1-3-4-9(11)7-14-10-12-6-5-8(2)13-10/h5-6,9H,3-4,7,11H2,1-2H3. The highest BCUT2D eigenvalue weighted by Gasteiger charge is 2.03. The summed E-state index contributed by atoms with van der Waals surface area (Å²) >= 11 is 1.64. The lowest BCUT2D eigenvalue weighted by atomic mass is 10.2. The van der Waals surface area contributed by atoms with E-state index in [1.54, 1.807) is 18.0 Å². The Morgan fingerprint density at radius 1 is 1.57 bits per heavy atom. The van der Waals surface area contributed by atoms with Gasteiger partial charge in [-0.3, -0.25) is 0 Å².